The van der Waals surface area contributed by atoms with Crippen molar-refractivity contribution < 1.29 is 18.7 Å². The molecule has 0 radical (unpaired) electrons. The van der Waals surface area contributed by atoms with E-state index in [0.29, 0.717) is 28.7 Å². The number of methoxy groups -OCH3 is 2. The summed E-state index contributed by atoms with van der Waals surface area (Å²) in [5.41, 5.74) is 0.682. The SMILES string of the molecule is COc1ccc(OC)c2sc(N(CCCN(C)C)C(=O)c3ccco3)nc12.Cl. The van der Waals surface area contributed by atoms with E-state index in [4.69, 9.17) is 13.9 Å². The number of anilines is 1. The summed E-state index contributed by atoms with van der Waals surface area (Å²) < 4.78 is 17.0. The topological polar surface area (TPSA) is 68.0 Å². The van der Waals surface area contributed by atoms with Gasteiger partial charge in [-0.25, -0.2) is 4.98 Å². The van der Waals surface area contributed by atoms with Gasteiger partial charge in [0, 0.05) is 6.54 Å². The molecule has 1 aromatic carbocycles. The standard InChI is InChI=1S/C19H23N3O4S.ClH/c1-21(2)10-6-11-22(18(23)15-7-5-12-26-15)19-20-16-13(24-3)8-9-14(25-4)17(16)27-19;/h5,7-9,12H,6,10-11H2,1-4H3;1H. The minimum absolute atomic E-state index is 0. The van der Waals surface area contributed by atoms with Gasteiger partial charge < -0.3 is 18.8 Å². The molecule has 1 amide bonds. The van der Waals surface area contributed by atoms with E-state index < -0.39 is 0 Å². The lowest BCUT2D eigenvalue weighted by Gasteiger charge is -2.19. The van der Waals surface area contributed by atoms with E-state index in [0.717, 1.165) is 17.7 Å². The van der Waals surface area contributed by atoms with Crippen LogP contribution in [0.1, 0.15) is 17.0 Å². The fourth-order valence-corrected chi connectivity index (χ4v) is 3.85. The van der Waals surface area contributed by atoms with Crippen LogP contribution in [0.2, 0.25) is 0 Å². The zero-order valence-electron chi connectivity index (χ0n) is 16.3. The number of fused-ring (bicyclic) bond motifs is 1. The molecule has 0 aliphatic rings. The molecule has 28 heavy (non-hydrogen) atoms. The van der Waals surface area contributed by atoms with E-state index in [-0.39, 0.29) is 24.1 Å². The predicted octanol–water partition coefficient (Wildman–Crippen LogP) is 3.93. The van der Waals surface area contributed by atoms with E-state index in [1.165, 1.54) is 17.6 Å². The van der Waals surface area contributed by atoms with Crippen LogP contribution in [0.4, 0.5) is 5.13 Å². The first kappa shape index (κ1) is 22.0. The number of rotatable bonds is 8. The number of ether oxygens (including phenoxy) is 2. The monoisotopic (exact) mass is 425 g/mol. The maximum absolute atomic E-state index is 13.0. The van der Waals surface area contributed by atoms with Crippen molar-refractivity contribution in [1.29, 1.82) is 0 Å². The van der Waals surface area contributed by atoms with Gasteiger partial charge in [0.1, 0.15) is 21.7 Å². The van der Waals surface area contributed by atoms with Crippen molar-refractivity contribution in [2.24, 2.45) is 0 Å². The molecule has 0 atom stereocenters. The van der Waals surface area contributed by atoms with Gasteiger partial charge >= 0.3 is 0 Å². The molecule has 3 aromatic rings. The molecule has 0 fully saturated rings. The molecule has 9 heteroatoms. The number of furan rings is 1. The Bertz CT molecular complexity index is 870. The maximum atomic E-state index is 13.0. The number of carbonyl (C=O) groups excluding carboxylic acids is 1. The molecule has 0 bridgehead atoms. The Hall–Kier alpha value is -2.29. The van der Waals surface area contributed by atoms with E-state index in [9.17, 15) is 4.79 Å². The fraction of sp³-hybridized carbons (Fsp3) is 0.368. The van der Waals surface area contributed by atoms with Crippen LogP contribution in [0.3, 0.4) is 0 Å². The Morgan fingerprint density at radius 1 is 1.14 bits per heavy atom. The lowest BCUT2D eigenvalue weighted by Crippen LogP contribution is -2.33. The highest BCUT2D eigenvalue weighted by Gasteiger charge is 2.25. The predicted molar refractivity (Wildman–Crippen MR) is 114 cm³/mol. The average Bonchev–Trinajstić information content (AvgIpc) is 3.33. The molecule has 0 saturated heterocycles. The molecule has 7 nitrogen and oxygen atoms in total. The normalized spacial score (nSPS) is 10.8. The van der Waals surface area contributed by atoms with Crippen molar-refractivity contribution in [3.63, 3.8) is 0 Å². The van der Waals surface area contributed by atoms with Crippen LogP contribution in [0.15, 0.2) is 34.9 Å². The minimum Gasteiger partial charge on any atom is -0.495 e. The summed E-state index contributed by atoms with van der Waals surface area (Å²) in [5, 5.41) is 0.591. The molecule has 0 unspecified atom stereocenters. The molecular formula is C19H24ClN3O4S. The van der Waals surface area contributed by atoms with Gasteiger partial charge in [0.2, 0.25) is 0 Å². The first-order valence-electron chi connectivity index (χ1n) is 8.56. The first-order chi connectivity index (χ1) is 13.0. The molecule has 0 aliphatic carbocycles. The quantitative estimate of drug-likeness (QED) is 0.544. The Morgan fingerprint density at radius 2 is 1.86 bits per heavy atom. The molecule has 0 aliphatic heterocycles. The largest absolute Gasteiger partial charge is 0.495 e. The number of amides is 1. The number of thiazole rings is 1. The highest BCUT2D eigenvalue weighted by atomic mass is 35.5. The third kappa shape index (κ3) is 4.57. The third-order valence-electron chi connectivity index (χ3n) is 4.09. The Balaban J connectivity index is 0.00000280. The molecule has 0 N–H and O–H groups in total. The molecule has 3 rings (SSSR count). The van der Waals surface area contributed by atoms with Crippen molar-refractivity contribution in [1.82, 2.24) is 9.88 Å². The Labute approximate surface area is 174 Å². The smallest absolute Gasteiger partial charge is 0.295 e. The lowest BCUT2D eigenvalue weighted by atomic mass is 10.3. The van der Waals surface area contributed by atoms with Crippen LogP contribution in [-0.4, -0.2) is 57.2 Å². The van der Waals surface area contributed by atoms with Crippen LogP contribution < -0.4 is 14.4 Å². The van der Waals surface area contributed by atoms with Crippen LogP contribution in [-0.2, 0) is 0 Å². The summed E-state index contributed by atoms with van der Waals surface area (Å²) in [4.78, 5) is 21.4. The van der Waals surface area contributed by atoms with Gasteiger partial charge in [-0.1, -0.05) is 11.3 Å². The van der Waals surface area contributed by atoms with Gasteiger partial charge in [-0.05, 0) is 51.3 Å². The number of halogens is 1. The van der Waals surface area contributed by atoms with Crippen LogP contribution >= 0.6 is 23.7 Å². The van der Waals surface area contributed by atoms with Crippen molar-refractivity contribution in [2.75, 3.05) is 46.3 Å². The van der Waals surface area contributed by atoms with E-state index in [1.54, 1.807) is 31.3 Å². The van der Waals surface area contributed by atoms with E-state index in [2.05, 4.69) is 9.88 Å². The molecule has 2 aromatic heterocycles. The Morgan fingerprint density at radius 3 is 2.46 bits per heavy atom. The van der Waals surface area contributed by atoms with Crippen molar-refractivity contribution in [3.05, 3.63) is 36.3 Å². The highest BCUT2D eigenvalue weighted by molar-refractivity contribution is 7.22. The number of hydrogen-bond donors (Lipinski definition) is 0. The second-order valence-corrected chi connectivity index (χ2v) is 7.21. The molecule has 0 saturated carbocycles. The minimum atomic E-state index is -0.212. The summed E-state index contributed by atoms with van der Waals surface area (Å²) in [6.45, 7) is 1.39. The van der Waals surface area contributed by atoms with Crippen molar-refractivity contribution >= 4 is 45.0 Å². The van der Waals surface area contributed by atoms with Gasteiger partial charge in [-0.15, -0.1) is 12.4 Å². The summed E-state index contributed by atoms with van der Waals surface area (Å²) in [7, 11) is 7.23. The van der Waals surface area contributed by atoms with E-state index in [1.807, 2.05) is 26.2 Å². The van der Waals surface area contributed by atoms with Crippen molar-refractivity contribution in [3.8, 4) is 11.5 Å². The first-order valence-corrected chi connectivity index (χ1v) is 9.38. The average molecular weight is 426 g/mol. The summed E-state index contributed by atoms with van der Waals surface area (Å²) in [6.07, 6.45) is 2.30. The fourth-order valence-electron chi connectivity index (χ4n) is 2.75. The number of aromatic nitrogens is 1. The second kappa shape index (κ2) is 9.77. The Kier molecular flexibility index (Phi) is 7.68. The van der Waals surface area contributed by atoms with Gasteiger partial charge in [0.05, 0.1) is 20.5 Å². The number of nitrogens with zero attached hydrogens (tertiary/aromatic N) is 3. The third-order valence-corrected chi connectivity index (χ3v) is 5.19. The van der Waals surface area contributed by atoms with Crippen LogP contribution in [0, 0.1) is 0 Å². The van der Waals surface area contributed by atoms with Gasteiger partial charge in [0.25, 0.3) is 5.91 Å². The molecule has 0 spiro atoms. The second-order valence-electron chi connectivity index (χ2n) is 6.24. The summed E-state index contributed by atoms with van der Waals surface area (Å²) in [5.74, 6) is 1.43. The summed E-state index contributed by atoms with van der Waals surface area (Å²) in [6, 6.07) is 7.02. The van der Waals surface area contributed by atoms with Crippen LogP contribution in [0.5, 0.6) is 11.5 Å². The summed E-state index contributed by atoms with van der Waals surface area (Å²) >= 11 is 1.40. The number of benzene rings is 1. The lowest BCUT2D eigenvalue weighted by molar-refractivity contribution is 0.0959. The van der Waals surface area contributed by atoms with Gasteiger partial charge in [0.15, 0.2) is 10.9 Å². The zero-order chi connectivity index (χ0) is 19.4. The highest BCUT2D eigenvalue weighted by Crippen LogP contribution is 2.40. The zero-order valence-corrected chi connectivity index (χ0v) is 17.9. The molecule has 152 valence electrons. The van der Waals surface area contributed by atoms with Gasteiger partial charge in [-0.3, -0.25) is 9.69 Å². The number of hydrogen-bond acceptors (Lipinski definition) is 7. The van der Waals surface area contributed by atoms with Gasteiger partial charge in [-0.2, -0.15) is 0 Å². The van der Waals surface area contributed by atoms with E-state index >= 15 is 0 Å². The number of carbonyl (C=O) groups is 1. The molecular weight excluding hydrogens is 402 g/mol. The van der Waals surface area contributed by atoms with Crippen molar-refractivity contribution in [2.45, 2.75) is 6.42 Å². The van der Waals surface area contributed by atoms with Crippen LogP contribution in [0.25, 0.3) is 10.2 Å². The molecule has 2 heterocycles. The maximum Gasteiger partial charge on any atom is 0.295 e.